The quantitative estimate of drug-likeness (QED) is 0.842. The number of Topliss-reactive ketones (excluding diaryl/α,β-unsaturated/α-hetero) is 1. The van der Waals surface area contributed by atoms with Crippen molar-refractivity contribution in [2.45, 2.75) is 32.4 Å². The third-order valence-corrected chi connectivity index (χ3v) is 4.61. The highest BCUT2D eigenvalue weighted by Gasteiger charge is 2.50. The van der Waals surface area contributed by atoms with Gasteiger partial charge in [0.1, 0.15) is 11.5 Å². The number of aliphatic hydroxyl groups is 1. The van der Waals surface area contributed by atoms with E-state index in [1.165, 1.54) is 11.8 Å². The minimum absolute atomic E-state index is 0.269. The second-order valence-electron chi connectivity index (χ2n) is 6.37. The number of halogens is 1. The Kier molecular flexibility index (Phi) is 5.03. The number of rotatable bonds is 6. The van der Waals surface area contributed by atoms with Gasteiger partial charge in [0.15, 0.2) is 5.60 Å². The molecule has 1 aliphatic rings. The van der Waals surface area contributed by atoms with Crippen molar-refractivity contribution in [2.24, 2.45) is 0 Å². The van der Waals surface area contributed by atoms with Gasteiger partial charge in [0.25, 0.3) is 5.91 Å². The van der Waals surface area contributed by atoms with E-state index in [4.69, 9.17) is 16.3 Å². The fourth-order valence-corrected chi connectivity index (χ4v) is 3.42. The first-order chi connectivity index (χ1) is 12.3. The van der Waals surface area contributed by atoms with Gasteiger partial charge in [0.05, 0.1) is 18.8 Å². The van der Waals surface area contributed by atoms with Gasteiger partial charge in [0.2, 0.25) is 0 Å². The molecule has 1 amide bonds. The second kappa shape index (κ2) is 7.09. The van der Waals surface area contributed by atoms with Crippen LogP contribution in [-0.4, -0.2) is 23.4 Å². The van der Waals surface area contributed by atoms with Crippen molar-refractivity contribution in [1.29, 1.82) is 0 Å². The molecule has 2 aromatic rings. The van der Waals surface area contributed by atoms with E-state index in [2.05, 4.69) is 0 Å². The molecule has 1 N–H and O–H groups in total. The van der Waals surface area contributed by atoms with Crippen molar-refractivity contribution in [3.05, 3.63) is 58.6 Å². The van der Waals surface area contributed by atoms with E-state index in [0.717, 1.165) is 11.3 Å². The maximum Gasteiger partial charge on any atom is 0.264 e. The van der Waals surface area contributed by atoms with Crippen LogP contribution in [-0.2, 0) is 21.7 Å². The molecular formula is C20H20ClNO4. The van der Waals surface area contributed by atoms with E-state index in [9.17, 15) is 14.7 Å². The van der Waals surface area contributed by atoms with Crippen molar-refractivity contribution in [1.82, 2.24) is 0 Å². The van der Waals surface area contributed by atoms with Gasteiger partial charge in [-0.15, -0.1) is 0 Å². The highest BCUT2D eigenvalue weighted by atomic mass is 35.5. The highest BCUT2D eigenvalue weighted by Crippen LogP contribution is 2.44. The van der Waals surface area contributed by atoms with E-state index >= 15 is 0 Å². The summed E-state index contributed by atoms with van der Waals surface area (Å²) in [5.41, 5.74) is -0.0555. The van der Waals surface area contributed by atoms with Gasteiger partial charge in [-0.25, -0.2) is 0 Å². The fourth-order valence-electron chi connectivity index (χ4n) is 3.25. The molecule has 0 aromatic heterocycles. The monoisotopic (exact) mass is 373 g/mol. The number of anilines is 1. The predicted molar refractivity (Wildman–Crippen MR) is 99.4 cm³/mol. The SMILES string of the molecule is CCOc1ccc(CN2C(=O)C(O)(CC(C)=O)c3cc(Cl)ccc32)cc1. The third-order valence-electron chi connectivity index (χ3n) is 4.37. The van der Waals surface area contributed by atoms with Crippen LogP contribution in [0.3, 0.4) is 0 Å². The molecule has 3 rings (SSSR count). The van der Waals surface area contributed by atoms with Crippen LogP contribution in [0.5, 0.6) is 5.75 Å². The van der Waals surface area contributed by atoms with Crippen LogP contribution < -0.4 is 9.64 Å². The van der Waals surface area contributed by atoms with Crippen molar-refractivity contribution < 1.29 is 19.4 Å². The van der Waals surface area contributed by atoms with Crippen molar-refractivity contribution in [3.8, 4) is 5.75 Å². The van der Waals surface area contributed by atoms with E-state index < -0.39 is 11.5 Å². The summed E-state index contributed by atoms with van der Waals surface area (Å²) >= 11 is 6.05. The number of amides is 1. The van der Waals surface area contributed by atoms with Crippen molar-refractivity contribution in [3.63, 3.8) is 0 Å². The molecular weight excluding hydrogens is 354 g/mol. The van der Waals surface area contributed by atoms with E-state index in [-0.39, 0.29) is 18.7 Å². The second-order valence-corrected chi connectivity index (χ2v) is 6.81. The number of benzene rings is 2. The Morgan fingerprint density at radius 1 is 1.23 bits per heavy atom. The summed E-state index contributed by atoms with van der Waals surface area (Å²) < 4.78 is 5.43. The zero-order valence-corrected chi connectivity index (χ0v) is 15.4. The average Bonchev–Trinajstić information content (AvgIpc) is 2.78. The summed E-state index contributed by atoms with van der Waals surface area (Å²) in [6.45, 7) is 4.12. The Balaban J connectivity index is 1.95. The van der Waals surface area contributed by atoms with Crippen LogP contribution in [0.25, 0.3) is 0 Å². The Bertz CT molecular complexity index is 849. The fraction of sp³-hybridized carbons (Fsp3) is 0.300. The van der Waals surface area contributed by atoms with Gasteiger partial charge in [-0.2, -0.15) is 0 Å². The Morgan fingerprint density at radius 3 is 2.54 bits per heavy atom. The lowest BCUT2D eigenvalue weighted by atomic mass is 9.90. The standard InChI is InChI=1S/C20H20ClNO4/c1-3-26-16-7-4-14(5-8-16)12-22-18-9-6-15(21)10-17(18)20(25,19(22)24)11-13(2)23/h4-10,25H,3,11-12H2,1-2H3. The van der Waals surface area contributed by atoms with Crippen molar-refractivity contribution in [2.75, 3.05) is 11.5 Å². The van der Waals surface area contributed by atoms with Gasteiger partial charge in [-0.3, -0.25) is 9.59 Å². The molecule has 0 aliphatic carbocycles. The Hall–Kier alpha value is -2.37. The van der Waals surface area contributed by atoms with Gasteiger partial charge >= 0.3 is 0 Å². The zero-order valence-electron chi connectivity index (χ0n) is 14.7. The molecule has 0 saturated heterocycles. The van der Waals surface area contributed by atoms with Crippen LogP contribution >= 0.6 is 11.6 Å². The van der Waals surface area contributed by atoms with E-state index in [0.29, 0.717) is 22.9 Å². The summed E-state index contributed by atoms with van der Waals surface area (Å²) in [5.74, 6) is -0.0298. The molecule has 1 heterocycles. The normalized spacial score (nSPS) is 18.8. The van der Waals surface area contributed by atoms with E-state index in [1.807, 2.05) is 31.2 Å². The summed E-state index contributed by atoms with van der Waals surface area (Å²) in [6.07, 6.45) is -0.279. The largest absolute Gasteiger partial charge is 0.494 e. The van der Waals surface area contributed by atoms with Crippen LogP contribution in [0.15, 0.2) is 42.5 Å². The number of ketones is 1. The van der Waals surface area contributed by atoms with Crippen molar-refractivity contribution >= 4 is 29.0 Å². The smallest absolute Gasteiger partial charge is 0.264 e. The number of hydrogen-bond acceptors (Lipinski definition) is 4. The minimum atomic E-state index is -1.88. The topological polar surface area (TPSA) is 66.8 Å². The summed E-state index contributed by atoms with van der Waals surface area (Å²) in [6, 6.07) is 12.3. The molecule has 5 nitrogen and oxygen atoms in total. The first-order valence-electron chi connectivity index (χ1n) is 8.40. The van der Waals surface area contributed by atoms with Gasteiger partial charge in [0, 0.05) is 17.0 Å². The Labute approximate surface area is 157 Å². The summed E-state index contributed by atoms with van der Waals surface area (Å²) in [4.78, 5) is 26.1. The van der Waals surface area contributed by atoms with Gasteiger partial charge < -0.3 is 14.7 Å². The molecule has 0 radical (unpaired) electrons. The number of carbonyl (C=O) groups excluding carboxylic acids is 2. The van der Waals surface area contributed by atoms with Crippen LogP contribution in [0.2, 0.25) is 5.02 Å². The molecule has 136 valence electrons. The number of fused-ring (bicyclic) bond motifs is 1. The lowest BCUT2D eigenvalue weighted by molar-refractivity contribution is -0.141. The number of nitrogens with zero attached hydrogens (tertiary/aromatic N) is 1. The molecule has 0 fully saturated rings. The Morgan fingerprint density at radius 2 is 1.92 bits per heavy atom. The lowest BCUT2D eigenvalue weighted by Gasteiger charge is -2.22. The lowest BCUT2D eigenvalue weighted by Crippen LogP contribution is -2.41. The molecule has 0 saturated carbocycles. The molecule has 2 aromatic carbocycles. The molecule has 6 heteroatoms. The maximum atomic E-state index is 13.0. The number of ether oxygens (including phenoxy) is 1. The first kappa shape index (κ1) is 18.4. The molecule has 0 bridgehead atoms. The van der Waals surface area contributed by atoms with Gasteiger partial charge in [-0.05, 0) is 49.7 Å². The summed E-state index contributed by atoms with van der Waals surface area (Å²) in [5, 5.41) is 11.4. The maximum absolute atomic E-state index is 13.0. The zero-order chi connectivity index (χ0) is 18.9. The number of hydrogen-bond donors (Lipinski definition) is 1. The van der Waals surface area contributed by atoms with Gasteiger partial charge in [-0.1, -0.05) is 23.7 Å². The van der Waals surface area contributed by atoms with Crippen LogP contribution in [0, 0.1) is 0 Å². The first-order valence-corrected chi connectivity index (χ1v) is 8.78. The highest BCUT2D eigenvalue weighted by molar-refractivity contribution is 6.31. The molecule has 0 spiro atoms. The number of carbonyl (C=O) groups is 2. The van der Waals surface area contributed by atoms with Crippen LogP contribution in [0.4, 0.5) is 5.69 Å². The van der Waals surface area contributed by atoms with Crippen LogP contribution in [0.1, 0.15) is 31.4 Å². The molecule has 1 aliphatic heterocycles. The molecule has 1 unspecified atom stereocenters. The average molecular weight is 374 g/mol. The summed E-state index contributed by atoms with van der Waals surface area (Å²) in [7, 11) is 0. The molecule has 1 atom stereocenters. The molecule has 26 heavy (non-hydrogen) atoms. The minimum Gasteiger partial charge on any atom is -0.494 e. The third kappa shape index (κ3) is 3.32. The predicted octanol–water partition coefficient (Wildman–Crippen LogP) is 3.45. The van der Waals surface area contributed by atoms with E-state index in [1.54, 1.807) is 18.2 Å².